The van der Waals surface area contributed by atoms with Crippen molar-refractivity contribution in [3.8, 4) is 0 Å². The highest BCUT2D eigenvalue weighted by molar-refractivity contribution is 5.99. The summed E-state index contributed by atoms with van der Waals surface area (Å²) in [4.78, 5) is 32.8. The van der Waals surface area contributed by atoms with Gasteiger partial charge in [-0.05, 0) is 0 Å². The van der Waals surface area contributed by atoms with Gasteiger partial charge in [0.1, 0.15) is 11.6 Å². The molecule has 1 aliphatic rings. The van der Waals surface area contributed by atoms with Crippen LogP contribution < -0.4 is 11.1 Å². The highest BCUT2D eigenvalue weighted by Crippen LogP contribution is 2.17. The lowest BCUT2D eigenvalue weighted by molar-refractivity contribution is -0.136. The van der Waals surface area contributed by atoms with Crippen molar-refractivity contribution in [1.82, 2.24) is 30.0 Å². The largest absolute Gasteiger partial charge is 0.383 e. The zero-order valence-corrected chi connectivity index (χ0v) is 10.8. The van der Waals surface area contributed by atoms with Gasteiger partial charge in [0.05, 0.1) is 31.2 Å². The minimum Gasteiger partial charge on any atom is -0.383 e. The second-order valence-corrected chi connectivity index (χ2v) is 4.65. The highest BCUT2D eigenvalue weighted by Gasteiger charge is 2.23. The second-order valence-electron chi connectivity index (χ2n) is 4.65. The first-order valence-electron chi connectivity index (χ1n) is 6.02. The molecule has 0 aliphatic carbocycles. The number of nitrogens with two attached hydrogens (primary N) is 1. The normalized spacial score (nSPS) is 16.6. The van der Waals surface area contributed by atoms with Crippen molar-refractivity contribution in [2.45, 2.75) is 6.54 Å². The summed E-state index contributed by atoms with van der Waals surface area (Å²) in [7, 11) is 1.76. The van der Waals surface area contributed by atoms with E-state index in [-0.39, 0.29) is 31.4 Å². The molecule has 3 heterocycles. The van der Waals surface area contributed by atoms with Crippen LogP contribution in [0.4, 0.5) is 5.82 Å². The molecule has 0 atom stereocenters. The SMILES string of the molecule is Cn1ncc2c(N)nc(CN3CC(=O)NC(=O)C3)nc21. The van der Waals surface area contributed by atoms with Crippen molar-refractivity contribution in [2.75, 3.05) is 18.8 Å². The molecule has 2 aromatic rings. The van der Waals surface area contributed by atoms with Gasteiger partial charge in [-0.2, -0.15) is 5.10 Å². The smallest absolute Gasteiger partial charge is 0.240 e. The topological polar surface area (TPSA) is 119 Å². The van der Waals surface area contributed by atoms with Gasteiger partial charge >= 0.3 is 0 Å². The molecule has 0 bridgehead atoms. The molecule has 2 amide bonds. The first-order chi connectivity index (χ1) is 9.52. The molecule has 104 valence electrons. The molecule has 1 fully saturated rings. The average Bonchev–Trinajstić information content (AvgIpc) is 2.70. The van der Waals surface area contributed by atoms with E-state index >= 15 is 0 Å². The van der Waals surface area contributed by atoms with Crippen LogP contribution in [0.15, 0.2) is 6.20 Å². The van der Waals surface area contributed by atoms with Crippen molar-refractivity contribution >= 4 is 28.7 Å². The number of aryl methyl sites for hydroxylation is 1. The molecule has 20 heavy (non-hydrogen) atoms. The van der Waals surface area contributed by atoms with Crippen molar-refractivity contribution < 1.29 is 9.59 Å². The molecule has 0 saturated carbocycles. The fraction of sp³-hybridized carbons (Fsp3) is 0.364. The van der Waals surface area contributed by atoms with Gasteiger partial charge in [0, 0.05) is 7.05 Å². The lowest BCUT2D eigenvalue weighted by Gasteiger charge is -2.24. The summed E-state index contributed by atoms with van der Waals surface area (Å²) in [5.74, 6) is 0.152. The van der Waals surface area contributed by atoms with Crippen molar-refractivity contribution in [1.29, 1.82) is 0 Å². The number of rotatable bonds is 2. The Kier molecular flexibility index (Phi) is 2.83. The number of carbonyl (C=O) groups is 2. The van der Waals surface area contributed by atoms with Crippen LogP contribution in [0.3, 0.4) is 0 Å². The predicted molar refractivity (Wildman–Crippen MR) is 69.1 cm³/mol. The van der Waals surface area contributed by atoms with Crippen LogP contribution in [-0.2, 0) is 23.2 Å². The Hall–Kier alpha value is -2.55. The van der Waals surface area contributed by atoms with Crippen LogP contribution in [-0.4, -0.2) is 49.6 Å². The molecule has 2 aromatic heterocycles. The molecule has 0 aromatic carbocycles. The number of imide groups is 1. The number of nitrogens with zero attached hydrogens (tertiary/aromatic N) is 5. The second kappa shape index (κ2) is 4.53. The molecule has 0 radical (unpaired) electrons. The van der Waals surface area contributed by atoms with Crippen LogP contribution in [0.25, 0.3) is 11.0 Å². The Morgan fingerprint density at radius 1 is 1.30 bits per heavy atom. The average molecular weight is 275 g/mol. The number of aromatic nitrogens is 4. The molecule has 1 aliphatic heterocycles. The summed E-state index contributed by atoms with van der Waals surface area (Å²) < 4.78 is 1.60. The van der Waals surface area contributed by atoms with Crippen LogP contribution >= 0.6 is 0 Å². The van der Waals surface area contributed by atoms with Crippen LogP contribution in [0.5, 0.6) is 0 Å². The van der Waals surface area contributed by atoms with E-state index in [9.17, 15) is 9.59 Å². The molecule has 0 unspecified atom stereocenters. The van der Waals surface area contributed by atoms with Gasteiger partial charge in [0.25, 0.3) is 0 Å². The van der Waals surface area contributed by atoms with Crippen molar-refractivity contribution in [3.05, 3.63) is 12.0 Å². The summed E-state index contributed by atoms with van der Waals surface area (Å²) in [5, 5.41) is 7.00. The number of anilines is 1. The Morgan fingerprint density at radius 3 is 2.70 bits per heavy atom. The number of piperazine rings is 1. The van der Waals surface area contributed by atoms with Crippen LogP contribution in [0.1, 0.15) is 5.82 Å². The van der Waals surface area contributed by atoms with Gasteiger partial charge in [-0.15, -0.1) is 0 Å². The number of hydrogen-bond acceptors (Lipinski definition) is 7. The van der Waals surface area contributed by atoms with Gasteiger partial charge in [-0.3, -0.25) is 24.5 Å². The van der Waals surface area contributed by atoms with Crippen LogP contribution in [0.2, 0.25) is 0 Å². The van der Waals surface area contributed by atoms with E-state index in [4.69, 9.17) is 5.73 Å². The summed E-state index contributed by atoms with van der Waals surface area (Å²) in [5.41, 5.74) is 6.49. The fourth-order valence-corrected chi connectivity index (χ4v) is 2.17. The molecule has 3 N–H and O–H groups in total. The number of nitrogen functional groups attached to an aromatic ring is 1. The standard InChI is InChI=1S/C11H13N7O2/c1-17-11-6(2-13-17)10(12)14-7(15-11)3-18-4-8(19)16-9(20)5-18/h2H,3-5H2,1H3,(H2,12,14,15)(H,16,19,20). The molecule has 9 nitrogen and oxygen atoms in total. The summed E-state index contributed by atoms with van der Waals surface area (Å²) in [6.45, 7) is 0.557. The van der Waals surface area contributed by atoms with Gasteiger partial charge in [0.2, 0.25) is 11.8 Å². The maximum atomic E-state index is 11.3. The molecule has 0 spiro atoms. The third-order valence-corrected chi connectivity index (χ3v) is 3.05. The van der Waals surface area contributed by atoms with Gasteiger partial charge < -0.3 is 5.73 Å². The molecular formula is C11H13N7O2. The summed E-state index contributed by atoms with van der Waals surface area (Å²) in [6.07, 6.45) is 1.60. The Bertz CT molecular complexity index is 692. The predicted octanol–water partition coefficient (Wildman–Crippen LogP) is -1.60. The molecule has 1 saturated heterocycles. The first kappa shape index (κ1) is 12.5. The monoisotopic (exact) mass is 275 g/mol. The Labute approximate surface area is 113 Å². The molecule has 9 heteroatoms. The van der Waals surface area contributed by atoms with Crippen molar-refractivity contribution in [3.63, 3.8) is 0 Å². The maximum absolute atomic E-state index is 11.3. The van der Waals surface area contributed by atoms with Gasteiger partial charge in [-0.25, -0.2) is 9.97 Å². The van der Waals surface area contributed by atoms with E-state index in [1.54, 1.807) is 22.8 Å². The number of amides is 2. The third-order valence-electron chi connectivity index (χ3n) is 3.05. The van der Waals surface area contributed by atoms with E-state index in [2.05, 4.69) is 20.4 Å². The van der Waals surface area contributed by atoms with E-state index in [1.165, 1.54) is 0 Å². The van der Waals surface area contributed by atoms with Crippen LogP contribution in [0, 0.1) is 0 Å². The third kappa shape index (κ3) is 2.18. The lowest BCUT2D eigenvalue weighted by atomic mass is 10.3. The first-order valence-corrected chi connectivity index (χ1v) is 6.02. The minimum absolute atomic E-state index is 0.137. The minimum atomic E-state index is -0.323. The van der Waals surface area contributed by atoms with Gasteiger partial charge in [-0.1, -0.05) is 0 Å². The number of carbonyl (C=O) groups excluding carboxylic acids is 2. The maximum Gasteiger partial charge on any atom is 0.240 e. The van der Waals surface area contributed by atoms with Crippen molar-refractivity contribution in [2.24, 2.45) is 7.05 Å². The highest BCUT2D eigenvalue weighted by atomic mass is 16.2. The Morgan fingerprint density at radius 2 is 2.00 bits per heavy atom. The quantitative estimate of drug-likeness (QED) is 0.634. The molecular weight excluding hydrogens is 262 g/mol. The molecule has 3 rings (SSSR count). The van der Waals surface area contributed by atoms with E-state index < -0.39 is 0 Å². The van der Waals surface area contributed by atoms with E-state index in [1.807, 2.05) is 0 Å². The zero-order chi connectivity index (χ0) is 14.3. The lowest BCUT2D eigenvalue weighted by Crippen LogP contribution is -2.51. The Balaban J connectivity index is 1.89. The van der Waals surface area contributed by atoms with E-state index in [0.717, 1.165) is 0 Å². The fourth-order valence-electron chi connectivity index (χ4n) is 2.17. The summed E-state index contributed by atoms with van der Waals surface area (Å²) >= 11 is 0. The van der Waals surface area contributed by atoms with E-state index in [0.29, 0.717) is 22.7 Å². The number of fused-ring (bicyclic) bond motifs is 1. The zero-order valence-electron chi connectivity index (χ0n) is 10.8. The number of hydrogen-bond donors (Lipinski definition) is 2. The number of nitrogens with one attached hydrogen (secondary N) is 1. The summed E-state index contributed by atoms with van der Waals surface area (Å²) in [6, 6.07) is 0. The van der Waals surface area contributed by atoms with Gasteiger partial charge in [0.15, 0.2) is 5.65 Å².